The molecule has 0 aliphatic heterocycles. The van der Waals surface area contributed by atoms with Gasteiger partial charge in [-0.2, -0.15) is 0 Å². The number of rotatable bonds is 7. The Labute approximate surface area is 121 Å². The fraction of sp³-hybridized carbons (Fsp3) is 0.389. The molecule has 0 bridgehead atoms. The SMILES string of the molecule is C#CCCCc1ccc(CCCC#C)c(C(=O)OC)c1. The topological polar surface area (TPSA) is 26.3 Å². The van der Waals surface area contributed by atoms with Crippen LogP contribution < -0.4 is 0 Å². The van der Waals surface area contributed by atoms with E-state index < -0.39 is 0 Å². The average molecular weight is 268 g/mol. The molecule has 2 nitrogen and oxygen atoms in total. The van der Waals surface area contributed by atoms with Crippen LogP contribution in [-0.2, 0) is 17.6 Å². The number of hydrogen-bond acceptors (Lipinski definition) is 2. The summed E-state index contributed by atoms with van der Waals surface area (Å²) in [7, 11) is 1.40. The van der Waals surface area contributed by atoms with Crippen LogP contribution in [0.2, 0.25) is 0 Å². The normalized spacial score (nSPS) is 9.55. The first-order valence-corrected chi connectivity index (χ1v) is 6.80. The second kappa shape index (κ2) is 8.83. The van der Waals surface area contributed by atoms with Gasteiger partial charge in [0.1, 0.15) is 0 Å². The Hall–Kier alpha value is -2.19. The molecule has 0 radical (unpaired) electrons. The smallest absolute Gasteiger partial charge is 0.338 e. The molecule has 0 heterocycles. The molecule has 0 amide bonds. The van der Waals surface area contributed by atoms with Crippen molar-refractivity contribution in [2.75, 3.05) is 7.11 Å². The number of benzene rings is 1. The summed E-state index contributed by atoms with van der Waals surface area (Å²) in [4.78, 5) is 11.9. The van der Waals surface area contributed by atoms with Crippen molar-refractivity contribution in [3.63, 3.8) is 0 Å². The van der Waals surface area contributed by atoms with Gasteiger partial charge in [-0.1, -0.05) is 12.1 Å². The summed E-state index contributed by atoms with van der Waals surface area (Å²) in [6, 6.07) is 5.95. The largest absolute Gasteiger partial charge is 0.465 e. The fourth-order valence-corrected chi connectivity index (χ4v) is 2.07. The van der Waals surface area contributed by atoms with Gasteiger partial charge in [0.15, 0.2) is 0 Å². The molecular formula is C18H20O2. The van der Waals surface area contributed by atoms with Gasteiger partial charge in [-0.15, -0.1) is 24.7 Å². The molecule has 0 saturated carbocycles. The molecule has 0 spiro atoms. The van der Waals surface area contributed by atoms with Crippen LogP contribution in [0.25, 0.3) is 0 Å². The van der Waals surface area contributed by atoms with Crippen molar-refractivity contribution < 1.29 is 9.53 Å². The number of esters is 1. The Kier molecular flexibility index (Phi) is 7.01. The van der Waals surface area contributed by atoms with Gasteiger partial charge in [0.05, 0.1) is 12.7 Å². The molecule has 0 saturated heterocycles. The predicted molar refractivity (Wildman–Crippen MR) is 81.3 cm³/mol. The van der Waals surface area contributed by atoms with Crippen molar-refractivity contribution in [3.8, 4) is 24.7 Å². The summed E-state index contributed by atoms with van der Waals surface area (Å²) in [6.07, 6.45) is 15.4. The third-order valence-corrected chi connectivity index (χ3v) is 3.13. The van der Waals surface area contributed by atoms with Gasteiger partial charge in [-0.25, -0.2) is 4.79 Å². The van der Waals surface area contributed by atoms with Crippen LogP contribution in [0.3, 0.4) is 0 Å². The first kappa shape index (κ1) is 15.9. The highest BCUT2D eigenvalue weighted by molar-refractivity contribution is 5.91. The van der Waals surface area contributed by atoms with Crippen LogP contribution in [0.15, 0.2) is 18.2 Å². The highest BCUT2D eigenvalue weighted by Gasteiger charge is 2.12. The zero-order chi connectivity index (χ0) is 14.8. The molecule has 0 N–H and O–H groups in total. The molecule has 20 heavy (non-hydrogen) atoms. The van der Waals surface area contributed by atoms with E-state index in [1.165, 1.54) is 7.11 Å². The fourth-order valence-electron chi connectivity index (χ4n) is 2.07. The second-order valence-electron chi connectivity index (χ2n) is 4.60. The molecular weight excluding hydrogens is 248 g/mol. The number of hydrogen-bond donors (Lipinski definition) is 0. The number of carbonyl (C=O) groups excluding carboxylic acids is 1. The van der Waals surface area contributed by atoms with Crippen LogP contribution in [0.4, 0.5) is 0 Å². The summed E-state index contributed by atoms with van der Waals surface area (Å²) >= 11 is 0. The first-order valence-electron chi connectivity index (χ1n) is 6.80. The molecule has 0 aromatic heterocycles. The van der Waals surface area contributed by atoms with Gasteiger partial charge in [0.2, 0.25) is 0 Å². The number of terminal acetylenes is 2. The van der Waals surface area contributed by atoms with Gasteiger partial charge in [0, 0.05) is 12.8 Å². The maximum Gasteiger partial charge on any atom is 0.338 e. The van der Waals surface area contributed by atoms with E-state index in [2.05, 4.69) is 11.8 Å². The van der Waals surface area contributed by atoms with Crippen molar-refractivity contribution in [3.05, 3.63) is 34.9 Å². The van der Waals surface area contributed by atoms with Crippen molar-refractivity contribution >= 4 is 5.97 Å². The molecule has 2 heteroatoms. The Morgan fingerprint density at radius 2 is 1.80 bits per heavy atom. The molecule has 1 aromatic rings. The van der Waals surface area contributed by atoms with Crippen LogP contribution in [-0.4, -0.2) is 13.1 Å². The molecule has 0 unspecified atom stereocenters. The Morgan fingerprint density at radius 3 is 2.40 bits per heavy atom. The van der Waals surface area contributed by atoms with Crippen LogP contribution in [0, 0.1) is 24.7 Å². The third-order valence-electron chi connectivity index (χ3n) is 3.13. The summed E-state index contributed by atoms with van der Waals surface area (Å²) in [5.74, 6) is 4.94. The number of aryl methyl sites for hydroxylation is 2. The average Bonchev–Trinajstić information content (AvgIpc) is 2.48. The van der Waals surface area contributed by atoms with E-state index >= 15 is 0 Å². The molecule has 1 aromatic carbocycles. The predicted octanol–water partition coefficient (Wildman–Crippen LogP) is 3.39. The summed E-state index contributed by atoms with van der Waals surface area (Å²) < 4.78 is 4.85. The maximum absolute atomic E-state index is 11.9. The number of ether oxygens (including phenoxy) is 1. The Morgan fingerprint density at radius 1 is 1.15 bits per heavy atom. The zero-order valence-electron chi connectivity index (χ0n) is 11.9. The van der Waals surface area contributed by atoms with Crippen LogP contribution >= 0.6 is 0 Å². The standard InChI is InChI=1S/C18H20O2/c1-4-6-8-10-15-12-13-16(11-9-7-5-2)17(14-15)18(19)20-3/h1-2,12-14H,6-11H2,3H3. The Bertz CT molecular complexity index is 529. The van der Waals surface area contributed by atoms with Crippen molar-refractivity contribution in [1.82, 2.24) is 0 Å². The highest BCUT2D eigenvalue weighted by Crippen LogP contribution is 2.17. The molecule has 0 aliphatic carbocycles. The highest BCUT2D eigenvalue weighted by atomic mass is 16.5. The molecule has 1 rings (SSSR count). The summed E-state index contributed by atoms with van der Waals surface area (Å²) in [6.45, 7) is 0. The minimum atomic E-state index is -0.292. The van der Waals surface area contributed by atoms with Crippen LogP contribution in [0.1, 0.15) is 47.2 Å². The van der Waals surface area contributed by atoms with E-state index in [9.17, 15) is 4.79 Å². The maximum atomic E-state index is 11.9. The minimum absolute atomic E-state index is 0.292. The third kappa shape index (κ3) is 4.82. The van der Waals surface area contributed by atoms with Crippen molar-refractivity contribution in [2.45, 2.75) is 38.5 Å². The lowest BCUT2D eigenvalue weighted by atomic mass is 9.97. The van der Waals surface area contributed by atoms with Gasteiger partial charge in [-0.3, -0.25) is 0 Å². The molecule has 0 atom stereocenters. The lowest BCUT2D eigenvalue weighted by molar-refractivity contribution is 0.0599. The summed E-state index contributed by atoms with van der Waals surface area (Å²) in [5, 5.41) is 0. The van der Waals surface area contributed by atoms with E-state index in [1.807, 2.05) is 18.2 Å². The van der Waals surface area contributed by atoms with E-state index in [4.69, 9.17) is 17.6 Å². The van der Waals surface area contributed by atoms with Crippen molar-refractivity contribution in [2.24, 2.45) is 0 Å². The van der Waals surface area contributed by atoms with E-state index in [0.717, 1.165) is 43.2 Å². The molecule has 104 valence electrons. The van der Waals surface area contributed by atoms with Crippen molar-refractivity contribution in [1.29, 1.82) is 0 Å². The van der Waals surface area contributed by atoms with E-state index in [1.54, 1.807) is 0 Å². The van der Waals surface area contributed by atoms with Gasteiger partial charge in [0.25, 0.3) is 0 Å². The quantitative estimate of drug-likeness (QED) is 0.430. The van der Waals surface area contributed by atoms with E-state index in [-0.39, 0.29) is 5.97 Å². The monoisotopic (exact) mass is 268 g/mol. The first-order chi connectivity index (χ1) is 9.72. The number of methoxy groups -OCH3 is 1. The molecule has 0 aliphatic rings. The van der Waals surface area contributed by atoms with Gasteiger partial charge >= 0.3 is 5.97 Å². The minimum Gasteiger partial charge on any atom is -0.465 e. The number of carbonyl (C=O) groups is 1. The lowest BCUT2D eigenvalue weighted by Gasteiger charge is -2.10. The van der Waals surface area contributed by atoms with Gasteiger partial charge in [-0.05, 0) is 42.9 Å². The zero-order valence-corrected chi connectivity index (χ0v) is 11.9. The van der Waals surface area contributed by atoms with Gasteiger partial charge < -0.3 is 4.74 Å². The summed E-state index contributed by atoms with van der Waals surface area (Å²) in [5.41, 5.74) is 2.75. The number of unbranched alkanes of at least 4 members (excludes halogenated alkanes) is 2. The molecule has 0 fully saturated rings. The van der Waals surface area contributed by atoms with E-state index in [0.29, 0.717) is 12.0 Å². The Balaban J connectivity index is 2.86. The lowest BCUT2D eigenvalue weighted by Crippen LogP contribution is -2.07. The second-order valence-corrected chi connectivity index (χ2v) is 4.60. The van der Waals surface area contributed by atoms with Crippen LogP contribution in [0.5, 0.6) is 0 Å².